The average molecular weight is 416 g/mol. The maximum Gasteiger partial charge on any atom is 1.00 e. The van der Waals surface area contributed by atoms with Crippen LogP contribution in [0.25, 0.3) is 0 Å². The van der Waals surface area contributed by atoms with E-state index in [4.69, 9.17) is 9.47 Å². The van der Waals surface area contributed by atoms with E-state index in [1.807, 2.05) is 0 Å². The van der Waals surface area contributed by atoms with E-state index in [2.05, 4.69) is 11.4 Å². The number of phosphoric acid groups is 1. The predicted octanol–water partition coefficient (Wildman–Crippen LogP) is -6.98. The van der Waals surface area contributed by atoms with Gasteiger partial charge in [-0.05, 0) is 6.42 Å². The number of unbranched alkanes of at least 4 members (excludes halogenated alkanes) is 5. The molecule has 12 heteroatoms. The molecule has 1 rings (SSSR count). The topological polar surface area (TPSA) is 152 Å². The van der Waals surface area contributed by atoms with E-state index in [0.29, 0.717) is 0 Å². The van der Waals surface area contributed by atoms with Crippen LogP contribution in [0.2, 0.25) is 0 Å². The van der Waals surface area contributed by atoms with E-state index in [1.165, 1.54) is 6.42 Å². The molecule has 26 heavy (non-hydrogen) atoms. The van der Waals surface area contributed by atoms with Crippen LogP contribution in [0.5, 0.6) is 0 Å². The van der Waals surface area contributed by atoms with Crippen molar-refractivity contribution in [1.82, 2.24) is 0 Å². The summed E-state index contributed by atoms with van der Waals surface area (Å²) in [4.78, 5) is 21.4. The molecule has 1 aliphatic rings. The van der Waals surface area contributed by atoms with Gasteiger partial charge in [-0.1, -0.05) is 39.0 Å². The Morgan fingerprint density at radius 2 is 1.62 bits per heavy atom. The summed E-state index contributed by atoms with van der Waals surface area (Å²) in [5.41, 5.74) is 0. The Kier molecular flexibility index (Phi) is 18.2. The van der Waals surface area contributed by atoms with E-state index < -0.39 is 45.1 Å². The van der Waals surface area contributed by atoms with Gasteiger partial charge in [-0.25, -0.2) is 0 Å². The van der Waals surface area contributed by atoms with Gasteiger partial charge in [-0.15, -0.1) is 0 Å². The van der Waals surface area contributed by atoms with Gasteiger partial charge in [0.25, 0.3) is 0 Å². The molecule has 3 N–H and O–H groups in total. The summed E-state index contributed by atoms with van der Waals surface area (Å²) in [6.07, 6.45) is -1.28. The number of aliphatic hydroxyl groups is 3. The second-order valence-corrected chi connectivity index (χ2v) is 6.97. The molecule has 1 fully saturated rings. The first-order valence-electron chi connectivity index (χ1n) is 8.24. The monoisotopic (exact) mass is 416 g/mol. The number of hydrogen-bond acceptors (Lipinski definition) is 9. The molecular weight excluding hydrogens is 389 g/mol. The van der Waals surface area contributed by atoms with Crippen LogP contribution in [0, 0.1) is 0 Å². The van der Waals surface area contributed by atoms with Gasteiger partial charge in [0.05, 0.1) is 14.4 Å². The fourth-order valence-electron chi connectivity index (χ4n) is 2.55. The largest absolute Gasteiger partial charge is 1.00 e. The molecule has 144 valence electrons. The van der Waals surface area contributed by atoms with E-state index >= 15 is 0 Å². The summed E-state index contributed by atoms with van der Waals surface area (Å²) in [5, 5.41) is 29.1. The van der Waals surface area contributed by atoms with Gasteiger partial charge < -0.3 is 43.7 Å². The third-order valence-electron chi connectivity index (χ3n) is 3.85. The zero-order valence-corrected chi connectivity index (χ0v) is 20.7. The molecule has 0 amide bonds. The summed E-state index contributed by atoms with van der Waals surface area (Å²) < 4.78 is 25.5. The van der Waals surface area contributed by atoms with Gasteiger partial charge in [-0.3, -0.25) is 0 Å². The maximum absolute atomic E-state index is 10.7. The summed E-state index contributed by atoms with van der Waals surface area (Å²) in [5.74, 6) is 0. The first kappa shape index (κ1) is 30.1. The van der Waals surface area contributed by atoms with Crippen molar-refractivity contribution in [2.24, 2.45) is 0 Å². The molecule has 5 atom stereocenters. The molecule has 0 radical (unpaired) electrons. The van der Waals surface area contributed by atoms with Gasteiger partial charge in [0.2, 0.25) is 0 Å². The molecule has 1 saturated heterocycles. The van der Waals surface area contributed by atoms with Crippen LogP contribution in [0.15, 0.2) is 0 Å². The van der Waals surface area contributed by atoms with Crippen molar-refractivity contribution in [2.45, 2.75) is 76.2 Å². The average Bonchev–Trinajstić information content (AvgIpc) is 2.51. The molecule has 9 nitrogen and oxygen atoms in total. The first-order chi connectivity index (χ1) is 11.3. The van der Waals surface area contributed by atoms with Crippen molar-refractivity contribution in [2.75, 3.05) is 13.2 Å². The number of ether oxygens (including phenoxy) is 2. The van der Waals surface area contributed by atoms with Crippen LogP contribution >= 0.6 is 7.82 Å². The van der Waals surface area contributed by atoms with Gasteiger partial charge in [-0.2, -0.15) is 0 Å². The molecule has 0 unspecified atom stereocenters. The smallest absolute Gasteiger partial charge is 0.790 e. The van der Waals surface area contributed by atoms with E-state index in [0.717, 1.165) is 32.1 Å². The summed E-state index contributed by atoms with van der Waals surface area (Å²) >= 11 is 0. The van der Waals surface area contributed by atoms with E-state index in [1.54, 1.807) is 0 Å². The van der Waals surface area contributed by atoms with Crippen LogP contribution in [-0.2, 0) is 18.6 Å². The molecule has 0 bridgehead atoms. The molecular formula is C14H27Na2O9P. The van der Waals surface area contributed by atoms with Gasteiger partial charge in [0.1, 0.15) is 24.4 Å². The van der Waals surface area contributed by atoms with Crippen LogP contribution in [0.1, 0.15) is 45.4 Å². The first-order valence-corrected chi connectivity index (χ1v) is 9.70. The van der Waals surface area contributed by atoms with E-state index in [-0.39, 0.29) is 65.7 Å². The predicted molar refractivity (Wildman–Crippen MR) is 79.6 cm³/mol. The number of hydrogen-bond donors (Lipinski definition) is 3. The number of phosphoric ester groups is 1. The minimum atomic E-state index is -5.41. The molecule has 0 aromatic heterocycles. The minimum Gasteiger partial charge on any atom is -0.790 e. The van der Waals surface area contributed by atoms with Gasteiger partial charge >= 0.3 is 59.1 Å². The van der Waals surface area contributed by atoms with Crippen LogP contribution < -0.4 is 68.9 Å². The molecule has 0 aromatic carbocycles. The molecule has 0 spiro atoms. The molecule has 0 aliphatic carbocycles. The quantitative estimate of drug-likeness (QED) is 0.170. The second-order valence-electron chi connectivity index (χ2n) is 5.86. The second kappa shape index (κ2) is 15.7. The third kappa shape index (κ3) is 11.2. The third-order valence-corrected chi connectivity index (χ3v) is 4.35. The molecule has 1 aliphatic heterocycles. The van der Waals surface area contributed by atoms with Crippen molar-refractivity contribution < 1.29 is 103 Å². The minimum absolute atomic E-state index is 0. The molecule has 1 heterocycles. The Morgan fingerprint density at radius 3 is 2.15 bits per heavy atom. The van der Waals surface area contributed by atoms with Crippen molar-refractivity contribution in [3.8, 4) is 0 Å². The Bertz CT molecular complexity index is 397. The standard InChI is InChI=1S/C14H29O9P.2Na/c1-2-3-4-5-6-7-8-21-14-12(17)11(16)13(10(9-15)22-14)23-24(18,19)20;;/h10-17H,2-9H2,1H3,(H2,18,19,20);;/q;2*+1/p-2/t10-,11-,12-,13-,14-;;/m1../s1. The van der Waals surface area contributed by atoms with Crippen molar-refractivity contribution >= 4 is 7.82 Å². The van der Waals surface area contributed by atoms with Crippen LogP contribution in [0.3, 0.4) is 0 Å². The fraction of sp³-hybridized carbons (Fsp3) is 1.00. The van der Waals surface area contributed by atoms with Crippen molar-refractivity contribution in [3.63, 3.8) is 0 Å². The molecule has 0 aromatic rings. The summed E-state index contributed by atoms with van der Waals surface area (Å²) in [7, 11) is -5.41. The normalized spacial score (nSPS) is 28.9. The Morgan fingerprint density at radius 1 is 1.04 bits per heavy atom. The SMILES string of the molecule is CCCCCCCCO[C@@H]1O[C@H](CO)[C@@H](OP(=O)([O-])[O-])[C@H](O)[C@H]1O.[Na+].[Na+]. The Hall–Kier alpha value is 1.91. The van der Waals surface area contributed by atoms with Crippen LogP contribution in [-0.4, -0.2) is 59.2 Å². The van der Waals surface area contributed by atoms with Gasteiger partial charge in [0.15, 0.2) is 6.29 Å². The zero-order chi connectivity index (χ0) is 18.2. The number of rotatable bonds is 11. The Labute approximate surface area is 198 Å². The van der Waals surface area contributed by atoms with Crippen LogP contribution in [0.4, 0.5) is 0 Å². The van der Waals surface area contributed by atoms with Crippen molar-refractivity contribution in [3.05, 3.63) is 0 Å². The van der Waals surface area contributed by atoms with Gasteiger partial charge in [0, 0.05) is 6.61 Å². The fourth-order valence-corrected chi connectivity index (χ4v) is 3.11. The van der Waals surface area contributed by atoms with Crippen molar-refractivity contribution in [1.29, 1.82) is 0 Å². The number of aliphatic hydroxyl groups excluding tert-OH is 3. The molecule has 0 saturated carbocycles. The zero-order valence-electron chi connectivity index (χ0n) is 15.8. The summed E-state index contributed by atoms with van der Waals surface area (Å²) in [6.45, 7) is 1.71. The van der Waals surface area contributed by atoms with E-state index in [9.17, 15) is 29.7 Å². The Balaban J connectivity index is 0. The maximum atomic E-state index is 10.7. The summed E-state index contributed by atoms with van der Waals surface area (Å²) in [6, 6.07) is 0.